The number of carbonyl (C=O) groups is 2. The average Bonchev–Trinajstić information content (AvgIpc) is 2.11. The lowest BCUT2D eigenvalue weighted by molar-refractivity contribution is -0.117. The molecule has 0 bridgehead atoms. The highest BCUT2D eigenvalue weighted by molar-refractivity contribution is 8.14. The van der Waals surface area contributed by atoms with Crippen LogP contribution in [0.25, 0.3) is 0 Å². The summed E-state index contributed by atoms with van der Waals surface area (Å²) >= 11 is 0.874. The van der Waals surface area contributed by atoms with Gasteiger partial charge in [-0.15, -0.1) is 0 Å². The number of nitrogens with one attached hydrogen (secondary N) is 3. The number of urea groups is 1. The first-order chi connectivity index (χ1) is 6.56. The van der Waals surface area contributed by atoms with Gasteiger partial charge in [0.25, 0.3) is 0 Å². The number of carbonyl (C=O) groups excluding carboxylic acids is 2. The van der Waals surface area contributed by atoms with E-state index < -0.39 is 11.9 Å². The molecule has 6 nitrogen and oxygen atoms in total. The van der Waals surface area contributed by atoms with Crippen molar-refractivity contribution in [2.75, 3.05) is 12.3 Å². The Labute approximate surface area is 86.5 Å². The van der Waals surface area contributed by atoms with Crippen molar-refractivity contribution in [3.8, 4) is 0 Å². The quantitative estimate of drug-likeness (QED) is 0.388. The number of hydrogen-bond donors (Lipinski definition) is 4. The topological polar surface area (TPSA) is 108 Å². The van der Waals surface area contributed by atoms with Crippen molar-refractivity contribution in [3.05, 3.63) is 0 Å². The van der Waals surface area contributed by atoms with Gasteiger partial charge in [-0.1, -0.05) is 18.7 Å². The number of rotatable bonds is 4. The molecule has 0 saturated heterocycles. The summed E-state index contributed by atoms with van der Waals surface area (Å²) in [5, 5.41) is 11.3. The predicted molar refractivity (Wildman–Crippen MR) is 56.2 cm³/mol. The van der Waals surface area contributed by atoms with Gasteiger partial charge in [0.1, 0.15) is 0 Å². The molecule has 3 amide bonds. The van der Waals surface area contributed by atoms with Crippen LogP contribution in [0.1, 0.15) is 13.3 Å². The Morgan fingerprint density at radius 2 is 2.14 bits per heavy atom. The number of amidine groups is 1. The Morgan fingerprint density at radius 3 is 2.64 bits per heavy atom. The fraction of sp³-hybridized carbons (Fsp3) is 0.571. The molecule has 0 aromatic carbocycles. The summed E-state index contributed by atoms with van der Waals surface area (Å²) in [6.45, 7) is 2.44. The van der Waals surface area contributed by atoms with Crippen LogP contribution >= 0.6 is 11.8 Å². The van der Waals surface area contributed by atoms with E-state index in [-0.39, 0.29) is 10.9 Å². The smallest absolute Gasteiger partial charge is 0.321 e. The zero-order valence-electron chi connectivity index (χ0n) is 7.92. The van der Waals surface area contributed by atoms with Gasteiger partial charge < -0.3 is 11.1 Å². The van der Waals surface area contributed by atoms with Crippen molar-refractivity contribution >= 4 is 28.9 Å². The first-order valence-corrected chi connectivity index (χ1v) is 5.09. The normalized spacial score (nSPS) is 9.21. The van der Waals surface area contributed by atoms with Crippen molar-refractivity contribution in [2.45, 2.75) is 13.3 Å². The summed E-state index contributed by atoms with van der Waals surface area (Å²) in [4.78, 5) is 21.9. The van der Waals surface area contributed by atoms with Gasteiger partial charge in [0.05, 0.1) is 5.75 Å². The lowest BCUT2D eigenvalue weighted by Gasteiger charge is -2.04. The second kappa shape index (κ2) is 7.19. The van der Waals surface area contributed by atoms with E-state index in [1.54, 1.807) is 0 Å². The Morgan fingerprint density at radius 1 is 1.50 bits per heavy atom. The van der Waals surface area contributed by atoms with Crippen LogP contribution in [0.3, 0.4) is 0 Å². The molecule has 14 heavy (non-hydrogen) atoms. The average molecular weight is 218 g/mol. The molecule has 0 atom stereocenters. The maximum atomic E-state index is 11.0. The van der Waals surface area contributed by atoms with Gasteiger partial charge >= 0.3 is 6.03 Å². The Bertz CT molecular complexity index is 232. The van der Waals surface area contributed by atoms with Crippen LogP contribution in [0.15, 0.2) is 0 Å². The maximum absolute atomic E-state index is 11.0. The van der Waals surface area contributed by atoms with E-state index in [4.69, 9.17) is 11.1 Å². The highest BCUT2D eigenvalue weighted by Crippen LogP contribution is 1.95. The number of thioether (sulfide) groups is 1. The van der Waals surface area contributed by atoms with E-state index in [9.17, 15) is 9.59 Å². The molecule has 7 heteroatoms. The highest BCUT2D eigenvalue weighted by atomic mass is 32.2. The molecular formula is C7H14N4O2S. The molecule has 0 aliphatic heterocycles. The molecule has 5 N–H and O–H groups in total. The third kappa shape index (κ3) is 7.41. The summed E-state index contributed by atoms with van der Waals surface area (Å²) in [5.41, 5.74) is 5.02. The van der Waals surface area contributed by atoms with Crippen molar-refractivity contribution in [1.29, 1.82) is 5.41 Å². The minimum absolute atomic E-state index is 0.0190. The minimum atomic E-state index is -0.513. The van der Waals surface area contributed by atoms with E-state index in [1.165, 1.54) is 0 Å². The van der Waals surface area contributed by atoms with E-state index in [0.717, 1.165) is 18.2 Å². The molecule has 0 aliphatic rings. The fourth-order valence-electron chi connectivity index (χ4n) is 0.589. The Kier molecular flexibility index (Phi) is 6.55. The van der Waals surface area contributed by atoms with Crippen LogP contribution < -0.4 is 16.4 Å². The molecule has 0 aliphatic carbocycles. The molecule has 0 rings (SSSR count). The summed E-state index contributed by atoms with van der Waals surface area (Å²) in [6.07, 6.45) is 0.809. The van der Waals surface area contributed by atoms with Crippen molar-refractivity contribution in [3.63, 3.8) is 0 Å². The summed E-state index contributed by atoms with van der Waals surface area (Å²) in [7, 11) is 0. The lowest BCUT2D eigenvalue weighted by atomic mass is 10.5. The third-order valence-corrected chi connectivity index (χ3v) is 1.86. The molecule has 0 aromatic heterocycles. The molecule has 0 aromatic rings. The predicted octanol–water partition coefficient (Wildman–Crippen LogP) is -0.151. The highest BCUT2D eigenvalue weighted by Gasteiger charge is 2.06. The first-order valence-electron chi connectivity index (χ1n) is 4.10. The van der Waals surface area contributed by atoms with Crippen molar-refractivity contribution < 1.29 is 9.59 Å². The number of hydrogen-bond acceptors (Lipinski definition) is 4. The molecular weight excluding hydrogens is 204 g/mol. The number of imide groups is 1. The van der Waals surface area contributed by atoms with Gasteiger partial charge in [0.15, 0.2) is 5.17 Å². The molecule has 0 heterocycles. The van der Waals surface area contributed by atoms with E-state index in [1.807, 2.05) is 6.92 Å². The first kappa shape index (κ1) is 12.8. The molecule has 0 radical (unpaired) electrons. The monoisotopic (exact) mass is 218 g/mol. The third-order valence-electron chi connectivity index (χ3n) is 1.15. The van der Waals surface area contributed by atoms with E-state index in [2.05, 4.69) is 10.6 Å². The zero-order valence-corrected chi connectivity index (χ0v) is 8.74. The van der Waals surface area contributed by atoms with Gasteiger partial charge in [0.2, 0.25) is 5.91 Å². The molecule has 0 fully saturated rings. The van der Waals surface area contributed by atoms with Gasteiger partial charge in [-0.3, -0.25) is 15.5 Å². The van der Waals surface area contributed by atoms with Crippen LogP contribution in [0.2, 0.25) is 0 Å². The van der Waals surface area contributed by atoms with Gasteiger partial charge in [-0.25, -0.2) is 4.79 Å². The van der Waals surface area contributed by atoms with Crippen LogP contribution in [0.5, 0.6) is 0 Å². The van der Waals surface area contributed by atoms with Crippen LogP contribution in [-0.4, -0.2) is 29.4 Å². The van der Waals surface area contributed by atoms with Crippen LogP contribution in [0, 0.1) is 5.41 Å². The molecule has 0 saturated carbocycles. The Hall–Kier alpha value is -1.24. The standard InChI is InChI=1S/C7H14N4O2S/c1-2-3-10-7(13)11-5(12)4-14-6(8)9/h2-4H2,1H3,(H3,8,9)(H2,10,11,12,13). The number of nitrogens with two attached hydrogens (primary N) is 1. The second-order valence-electron chi connectivity index (χ2n) is 2.46. The fourth-order valence-corrected chi connectivity index (χ4v) is 0.948. The molecule has 0 spiro atoms. The largest absolute Gasteiger partial charge is 0.379 e. The van der Waals surface area contributed by atoms with Gasteiger partial charge in [-0.2, -0.15) is 0 Å². The van der Waals surface area contributed by atoms with Crippen molar-refractivity contribution in [1.82, 2.24) is 10.6 Å². The second-order valence-corrected chi connectivity index (χ2v) is 3.47. The van der Waals surface area contributed by atoms with Gasteiger partial charge in [0, 0.05) is 6.54 Å². The summed E-state index contributed by atoms with van der Waals surface area (Å²) < 4.78 is 0. The maximum Gasteiger partial charge on any atom is 0.321 e. The Balaban J connectivity index is 3.60. The van der Waals surface area contributed by atoms with Crippen LogP contribution in [0.4, 0.5) is 4.79 Å². The minimum Gasteiger partial charge on any atom is -0.379 e. The van der Waals surface area contributed by atoms with E-state index >= 15 is 0 Å². The molecule has 0 unspecified atom stereocenters. The summed E-state index contributed by atoms with van der Waals surface area (Å²) in [5.74, 6) is -0.478. The van der Waals surface area contributed by atoms with E-state index in [0.29, 0.717) is 6.54 Å². The van der Waals surface area contributed by atoms with Crippen molar-refractivity contribution in [2.24, 2.45) is 5.73 Å². The van der Waals surface area contributed by atoms with Crippen LogP contribution in [-0.2, 0) is 4.79 Å². The lowest BCUT2D eigenvalue weighted by Crippen LogP contribution is -2.40. The summed E-state index contributed by atoms with van der Waals surface area (Å²) in [6, 6.07) is -0.513. The zero-order chi connectivity index (χ0) is 11.0. The van der Waals surface area contributed by atoms with Gasteiger partial charge in [-0.05, 0) is 6.42 Å². The number of amides is 3. The SMILES string of the molecule is CCCNC(=O)NC(=O)CSC(=N)N. The molecule has 80 valence electrons.